The van der Waals surface area contributed by atoms with Crippen molar-refractivity contribution in [1.29, 1.82) is 0 Å². The quantitative estimate of drug-likeness (QED) is 0.910. The molecule has 1 N–H and O–H groups in total. The van der Waals surface area contributed by atoms with Crippen LogP contribution in [0, 0.1) is 5.82 Å². The minimum atomic E-state index is -0.614. The van der Waals surface area contributed by atoms with Gasteiger partial charge in [-0.25, -0.2) is 4.39 Å². The van der Waals surface area contributed by atoms with Gasteiger partial charge in [-0.15, -0.1) is 0 Å². The molecule has 108 valence electrons. The maximum Gasteiger partial charge on any atom is 0.261 e. The minimum Gasteiger partial charge on any atom is -0.507 e. The number of hydrogen-bond donors (Lipinski definition) is 1. The molecule has 0 saturated carbocycles. The third-order valence-corrected chi connectivity index (χ3v) is 3.56. The van der Waals surface area contributed by atoms with Gasteiger partial charge in [-0.05, 0) is 25.0 Å². The Bertz CT molecular complexity index is 586. The minimum absolute atomic E-state index is 0.140. The second-order valence-electron chi connectivity index (χ2n) is 4.49. The smallest absolute Gasteiger partial charge is 0.261 e. The SMILES string of the molecule is CCC(CC)(OC)c1noc(-c2ccc(F)cc2O)n1. The number of ether oxygens (including phenoxy) is 1. The summed E-state index contributed by atoms with van der Waals surface area (Å²) in [5, 5.41) is 13.7. The lowest BCUT2D eigenvalue weighted by Crippen LogP contribution is -2.28. The van der Waals surface area contributed by atoms with E-state index in [1.54, 1.807) is 7.11 Å². The largest absolute Gasteiger partial charge is 0.507 e. The molecule has 2 rings (SSSR count). The molecule has 0 spiro atoms. The van der Waals surface area contributed by atoms with E-state index in [0.29, 0.717) is 24.2 Å². The van der Waals surface area contributed by atoms with Crippen LogP contribution < -0.4 is 0 Å². The summed E-state index contributed by atoms with van der Waals surface area (Å²) in [6, 6.07) is 3.62. The van der Waals surface area contributed by atoms with Crippen molar-refractivity contribution >= 4 is 0 Å². The van der Waals surface area contributed by atoms with Crippen LogP contribution in [-0.2, 0) is 10.3 Å². The Morgan fingerprint density at radius 1 is 1.35 bits per heavy atom. The molecule has 0 atom stereocenters. The zero-order chi connectivity index (χ0) is 14.8. The second-order valence-corrected chi connectivity index (χ2v) is 4.49. The van der Waals surface area contributed by atoms with Crippen LogP contribution in [0.15, 0.2) is 22.7 Å². The van der Waals surface area contributed by atoms with Crippen molar-refractivity contribution in [1.82, 2.24) is 10.1 Å². The fourth-order valence-corrected chi connectivity index (χ4v) is 2.15. The molecule has 0 saturated heterocycles. The fourth-order valence-electron chi connectivity index (χ4n) is 2.15. The van der Waals surface area contributed by atoms with Crippen molar-refractivity contribution in [3.8, 4) is 17.2 Å². The van der Waals surface area contributed by atoms with E-state index in [9.17, 15) is 9.50 Å². The number of aromatic hydroxyl groups is 1. The summed E-state index contributed by atoms with van der Waals surface area (Å²) in [6.45, 7) is 3.94. The van der Waals surface area contributed by atoms with E-state index in [1.807, 2.05) is 13.8 Å². The molecule has 0 fully saturated rings. The number of benzene rings is 1. The van der Waals surface area contributed by atoms with Crippen molar-refractivity contribution in [2.75, 3.05) is 7.11 Å². The lowest BCUT2D eigenvalue weighted by atomic mass is 9.96. The summed E-state index contributed by atoms with van der Waals surface area (Å²) in [6.07, 6.45) is 1.38. The maximum absolute atomic E-state index is 13.0. The topological polar surface area (TPSA) is 68.4 Å². The highest BCUT2D eigenvalue weighted by Crippen LogP contribution is 2.34. The molecule has 1 aromatic carbocycles. The first-order chi connectivity index (χ1) is 9.56. The summed E-state index contributed by atoms with van der Waals surface area (Å²) >= 11 is 0. The van der Waals surface area contributed by atoms with E-state index < -0.39 is 11.4 Å². The Balaban J connectivity index is 2.42. The second kappa shape index (κ2) is 5.58. The molecule has 20 heavy (non-hydrogen) atoms. The number of nitrogens with zero attached hydrogens (tertiary/aromatic N) is 2. The van der Waals surface area contributed by atoms with Gasteiger partial charge in [0.2, 0.25) is 5.82 Å². The van der Waals surface area contributed by atoms with Crippen molar-refractivity contribution in [3.63, 3.8) is 0 Å². The molecule has 5 nitrogen and oxygen atoms in total. The monoisotopic (exact) mass is 280 g/mol. The fraction of sp³-hybridized carbons (Fsp3) is 0.429. The van der Waals surface area contributed by atoms with E-state index in [0.717, 1.165) is 6.07 Å². The van der Waals surface area contributed by atoms with E-state index >= 15 is 0 Å². The predicted octanol–water partition coefficient (Wildman–Crippen LogP) is 3.24. The van der Waals surface area contributed by atoms with E-state index in [-0.39, 0.29) is 11.6 Å². The molecular weight excluding hydrogens is 263 g/mol. The molecule has 0 aliphatic rings. The van der Waals surface area contributed by atoms with Crippen LogP contribution in [0.25, 0.3) is 11.5 Å². The number of hydrogen-bond acceptors (Lipinski definition) is 5. The summed E-state index contributed by atoms with van der Waals surface area (Å²) in [5.74, 6) is -0.208. The molecule has 0 aliphatic carbocycles. The number of aromatic nitrogens is 2. The molecule has 1 heterocycles. The van der Waals surface area contributed by atoms with E-state index in [1.165, 1.54) is 12.1 Å². The van der Waals surface area contributed by atoms with Crippen LogP contribution in [0.5, 0.6) is 5.75 Å². The number of rotatable bonds is 5. The number of phenols is 1. The molecule has 0 amide bonds. The lowest BCUT2D eigenvalue weighted by Gasteiger charge is -2.25. The van der Waals surface area contributed by atoms with Crippen LogP contribution in [-0.4, -0.2) is 22.4 Å². The van der Waals surface area contributed by atoms with Gasteiger partial charge in [0.15, 0.2) is 0 Å². The number of methoxy groups -OCH3 is 1. The van der Waals surface area contributed by atoms with Crippen LogP contribution in [0.4, 0.5) is 4.39 Å². The third kappa shape index (κ3) is 2.38. The third-order valence-electron chi connectivity index (χ3n) is 3.56. The van der Waals surface area contributed by atoms with Crippen LogP contribution >= 0.6 is 0 Å². The Labute approximate surface area is 116 Å². The van der Waals surface area contributed by atoms with Gasteiger partial charge in [-0.1, -0.05) is 19.0 Å². The van der Waals surface area contributed by atoms with Gasteiger partial charge >= 0.3 is 0 Å². The van der Waals surface area contributed by atoms with Gasteiger partial charge in [0.1, 0.15) is 17.2 Å². The van der Waals surface area contributed by atoms with Gasteiger partial charge in [0.05, 0.1) is 5.56 Å². The highest BCUT2D eigenvalue weighted by Gasteiger charge is 2.34. The molecule has 2 aromatic rings. The first-order valence-corrected chi connectivity index (χ1v) is 6.44. The average molecular weight is 280 g/mol. The summed E-state index contributed by atoms with van der Waals surface area (Å²) in [4.78, 5) is 4.27. The molecule has 0 unspecified atom stereocenters. The van der Waals surface area contributed by atoms with Crippen molar-refractivity contribution in [2.24, 2.45) is 0 Å². The molecule has 0 aliphatic heterocycles. The molecule has 1 aromatic heterocycles. The first-order valence-electron chi connectivity index (χ1n) is 6.44. The van der Waals surface area contributed by atoms with E-state index in [2.05, 4.69) is 10.1 Å². The Kier molecular flexibility index (Phi) is 4.04. The molecule has 6 heteroatoms. The van der Waals surface area contributed by atoms with Gasteiger partial charge in [0, 0.05) is 13.2 Å². The Morgan fingerprint density at radius 3 is 2.60 bits per heavy atom. The maximum atomic E-state index is 13.0. The lowest BCUT2D eigenvalue weighted by molar-refractivity contribution is -0.0306. The van der Waals surface area contributed by atoms with Gasteiger partial charge in [0.25, 0.3) is 5.89 Å². The molecule has 0 radical (unpaired) electrons. The van der Waals surface area contributed by atoms with Crippen molar-refractivity contribution in [2.45, 2.75) is 32.3 Å². The van der Waals surface area contributed by atoms with Gasteiger partial charge in [-0.3, -0.25) is 0 Å². The summed E-state index contributed by atoms with van der Waals surface area (Å²) < 4.78 is 23.6. The first kappa shape index (κ1) is 14.5. The highest BCUT2D eigenvalue weighted by atomic mass is 19.1. The molecular formula is C14H17FN2O3. The number of phenolic OH excluding ortho intramolecular Hbond substituents is 1. The van der Waals surface area contributed by atoms with Gasteiger partial charge < -0.3 is 14.4 Å². The Hall–Kier alpha value is -1.95. The number of halogens is 1. The predicted molar refractivity (Wildman–Crippen MR) is 70.6 cm³/mol. The highest BCUT2D eigenvalue weighted by molar-refractivity contribution is 5.61. The average Bonchev–Trinajstić information content (AvgIpc) is 2.91. The van der Waals surface area contributed by atoms with Gasteiger partial charge in [-0.2, -0.15) is 4.98 Å². The van der Waals surface area contributed by atoms with E-state index in [4.69, 9.17) is 9.26 Å². The zero-order valence-corrected chi connectivity index (χ0v) is 11.7. The summed E-state index contributed by atoms with van der Waals surface area (Å²) in [7, 11) is 1.60. The summed E-state index contributed by atoms with van der Waals surface area (Å²) in [5.41, 5.74) is -0.320. The van der Waals surface area contributed by atoms with Crippen LogP contribution in [0.3, 0.4) is 0 Å². The van der Waals surface area contributed by atoms with Crippen molar-refractivity contribution < 1.29 is 18.8 Å². The normalized spacial score (nSPS) is 11.8. The van der Waals surface area contributed by atoms with Crippen molar-refractivity contribution in [3.05, 3.63) is 29.8 Å². The molecule has 0 bridgehead atoms. The Morgan fingerprint density at radius 2 is 2.05 bits per heavy atom. The zero-order valence-electron chi connectivity index (χ0n) is 11.7. The van der Waals surface area contributed by atoms with Crippen LogP contribution in [0.1, 0.15) is 32.5 Å². The standard InChI is InChI=1S/C14H17FN2O3/c1-4-14(5-2,19-3)13-16-12(20-17-13)10-7-6-9(15)8-11(10)18/h6-8,18H,4-5H2,1-3H3. The van der Waals surface area contributed by atoms with Crippen LogP contribution in [0.2, 0.25) is 0 Å².